The highest BCUT2D eigenvalue weighted by atomic mass is 16.5. The van der Waals surface area contributed by atoms with E-state index in [1.807, 2.05) is 18.2 Å². The summed E-state index contributed by atoms with van der Waals surface area (Å²) in [6, 6.07) is 14.5. The van der Waals surface area contributed by atoms with Crippen LogP contribution in [0.1, 0.15) is 30.3 Å². The van der Waals surface area contributed by atoms with E-state index in [-0.39, 0.29) is 6.04 Å². The van der Waals surface area contributed by atoms with E-state index in [9.17, 15) is 0 Å². The summed E-state index contributed by atoms with van der Waals surface area (Å²) in [5, 5.41) is 4.13. The van der Waals surface area contributed by atoms with Crippen LogP contribution in [0, 0.1) is 0 Å². The predicted molar refractivity (Wildman–Crippen MR) is 86.4 cm³/mol. The Kier molecular flexibility index (Phi) is 3.86. The summed E-state index contributed by atoms with van der Waals surface area (Å²) in [7, 11) is 0. The summed E-state index contributed by atoms with van der Waals surface area (Å²) in [5.74, 6) is 1.35. The maximum atomic E-state index is 5.55. The van der Waals surface area contributed by atoms with Crippen LogP contribution in [0.4, 0.5) is 0 Å². The Balaban J connectivity index is 1.54. The van der Waals surface area contributed by atoms with Crippen LogP contribution in [0.2, 0.25) is 0 Å². The highest BCUT2D eigenvalue weighted by Gasteiger charge is 2.30. The number of pyridine rings is 1. The lowest BCUT2D eigenvalue weighted by Gasteiger charge is -2.21. The molecular weight excluding hydrogens is 288 g/mol. The van der Waals surface area contributed by atoms with Crippen molar-refractivity contribution in [2.45, 2.75) is 25.4 Å². The van der Waals surface area contributed by atoms with Crippen molar-refractivity contribution in [3.63, 3.8) is 0 Å². The molecular formula is C18H18N4O. The molecule has 5 nitrogen and oxygen atoms in total. The molecule has 1 aliphatic heterocycles. The van der Waals surface area contributed by atoms with E-state index >= 15 is 0 Å². The highest BCUT2D eigenvalue weighted by molar-refractivity contribution is 5.52. The van der Waals surface area contributed by atoms with E-state index in [1.54, 1.807) is 12.4 Å². The molecule has 1 aliphatic rings. The van der Waals surface area contributed by atoms with Gasteiger partial charge in [0.2, 0.25) is 11.7 Å². The lowest BCUT2D eigenvalue weighted by Crippen LogP contribution is -2.22. The van der Waals surface area contributed by atoms with Crippen molar-refractivity contribution in [3.8, 4) is 11.4 Å². The average Bonchev–Trinajstić information content (AvgIpc) is 3.25. The first-order valence-corrected chi connectivity index (χ1v) is 7.92. The Morgan fingerprint density at radius 1 is 1.09 bits per heavy atom. The zero-order valence-corrected chi connectivity index (χ0v) is 12.8. The van der Waals surface area contributed by atoms with Crippen LogP contribution in [0.15, 0.2) is 59.4 Å². The number of hydrogen-bond acceptors (Lipinski definition) is 5. The normalized spacial score (nSPS) is 18.3. The monoisotopic (exact) mass is 306 g/mol. The average molecular weight is 306 g/mol. The third-order valence-corrected chi connectivity index (χ3v) is 4.26. The molecule has 5 heteroatoms. The van der Waals surface area contributed by atoms with Gasteiger partial charge in [-0.2, -0.15) is 4.98 Å². The summed E-state index contributed by atoms with van der Waals surface area (Å²) < 4.78 is 5.55. The largest absolute Gasteiger partial charge is 0.337 e. The van der Waals surface area contributed by atoms with Crippen molar-refractivity contribution >= 4 is 0 Å². The van der Waals surface area contributed by atoms with Gasteiger partial charge in [-0.25, -0.2) is 0 Å². The predicted octanol–water partition coefficient (Wildman–Crippen LogP) is 3.47. The first kappa shape index (κ1) is 14.1. The number of hydrogen-bond donors (Lipinski definition) is 0. The van der Waals surface area contributed by atoms with E-state index in [4.69, 9.17) is 4.52 Å². The van der Waals surface area contributed by atoms with Crippen LogP contribution in [0.5, 0.6) is 0 Å². The summed E-state index contributed by atoms with van der Waals surface area (Å²) in [6.45, 7) is 1.98. The molecule has 1 atom stereocenters. The van der Waals surface area contributed by atoms with Gasteiger partial charge in [-0.15, -0.1) is 0 Å². The van der Waals surface area contributed by atoms with Crippen molar-refractivity contribution in [2.24, 2.45) is 0 Å². The van der Waals surface area contributed by atoms with Gasteiger partial charge in [0.15, 0.2) is 0 Å². The molecule has 3 heterocycles. The fourth-order valence-corrected chi connectivity index (χ4v) is 3.10. The first-order valence-electron chi connectivity index (χ1n) is 7.92. The van der Waals surface area contributed by atoms with E-state index in [1.165, 1.54) is 5.56 Å². The Bertz CT molecular complexity index is 757. The topological polar surface area (TPSA) is 55.1 Å². The summed E-state index contributed by atoms with van der Waals surface area (Å²) in [5.41, 5.74) is 2.25. The smallest absolute Gasteiger partial charge is 0.244 e. The minimum Gasteiger partial charge on any atom is -0.337 e. The lowest BCUT2D eigenvalue weighted by molar-refractivity contribution is 0.201. The van der Waals surface area contributed by atoms with Gasteiger partial charge < -0.3 is 4.52 Å². The standard InChI is InChI=1S/C18H18N4O/c1-2-5-14(6-3-1)13-22-12-4-7-16(22)18-20-17(21-23-18)15-8-10-19-11-9-15/h1-3,5-6,8-11,16H,4,7,12-13H2/t16-/m0/s1. The number of nitrogens with zero attached hydrogens (tertiary/aromatic N) is 4. The molecule has 0 spiro atoms. The minimum absolute atomic E-state index is 0.207. The molecule has 0 aliphatic carbocycles. The summed E-state index contributed by atoms with van der Waals surface area (Å²) in [4.78, 5) is 11.0. The van der Waals surface area contributed by atoms with Crippen molar-refractivity contribution in [1.29, 1.82) is 0 Å². The molecule has 4 rings (SSSR count). The van der Waals surface area contributed by atoms with Gasteiger partial charge in [0, 0.05) is 24.5 Å². The molecule has 0 bridgehead atoms. The lowest BCUT2D eigenvalue weighted by atomic mass is 10.2. The molecule has 0 N–H and O–H groups in total. The molecule has 2 aromatic heterocycles. The maximum absolute atomic E-state index is 5.55. The number of rotatable bonds is 4. The molecule has 1 saturated heterocycles. The fraction of sp³-hybridized carbons (Fsp3) is 0.278. The fourth-order valence-electron chi connectivity index (χ4n) is 3.10. The second kappa shape index (κ2) is 6.30. The molecule has 1 fully saturated rings. The molecule has 0 saturated carbocycles. The summed E-state index contributed by atoms with van der Waals surface area (Å²) >= 11 is 0. The van der Waals surface area contributed by atoms with E-state index in [0.717, 1.165) is 31.5 Å². The van der Waals surface area contributed by atoms with Crippen molar-refractivity contribution in [1.82, 2.24) is 20.0 Å². The van der Waals surface area contributed by atoms with Gasteiger partial charge >= 0.3 is 0 Å². The summed E-state index contributed by atoms with van der Waals surface area (Å²) in [6.07, 6.45) is 5.70. The molecule has 0 radical (unpaired) electrons. The van der Waals surface area contributed by atoms with Gasteiger partial charge in [0.1, 0.15) is 0 Å². The van der Waals surface area contributed by atoms with Crippen LogP contribution >= 0.6 is 0 Å². The van der Waals surface area contributed by atoms with Gasteiger partial charge in [-0.1, -0.05) is 35.5 Å². The van der Waals surface area contributed by atoms with Gasteiger partial charge in [0.25, 0.3) is 0 Å². The molecule has 3 aromatic rings. The zero-order chi connectivity index (χ0) is 15.5. The van der Waals surface area contributed by atoms with Crippen LogP contribution in [0.3, 0.4) is 0 Å². The van der Waals surface area contributed by atoms with Crippen LogP contribution in [0.25, 0.3) is 11.4 Å². The van der Waals surface area contributed by atoms with Crippen molar-refractivity contribution in [3.05, 3.63) is 66.3 Å². The first-order chi connectivity index (χ1) is 11.4. The Morgan fingerprint density at radius 2 is 1.91 bits per heavy atom. The maximum Gasteiger partial charge on any atom is 0.244 e. The highest BCUT2D eigenvalue weighted by Crippen LogP contribution is 2.33. The SMILES string of the molecule is c1ccc(CN2CCC[C@H]2c2nc(-c3ccncc3)no2)cc1. The molecule has 0 amide bonds. The Morgan fingerprint density at radius 3 is 2.74 bits per heavy atom. The van der Waals surface area contributed by atoms with Crippen LogP contribution < -0.4 is 0 Å². The number of likely N-dealkylation sites (tertiary alicyclic amines) is 1. The molecule has 0 unspecified atom stereocenters. The second-order valence-corrected chi connectivity index (χ2v) is 5.81. The van der Waals surface area contributed by atoms with Crippen LogP contribution in [-0.4, -0.2) is 26.6 Å². The van der Waals surface area contributed by atoms with Crippen molar-refractivity contribution < 1.29 is 4.52 Å². The Hall–Kier alpha value is -2.53. The second-order valence-electron chi connectivity index (χ2n) is 5.81. The minimum atomic E-state index is 0.207. The number of aromatic nitrogens is 3. The van der Waals surface area contributed by atoms with Crippen molar-refractivity contribution in [2.75, 3.05) is 6.54 Å². The van der Waals surface area contributed by atoms with Crippen LogP contribution in [-0.2, 0) is 6.54 Å². The third-order valence-electron chi connectivity index (χ3n) is 4.26. The third kappa shape index (κ3) is 3.00. The molecule has 1 aromatic carbocycles. The van der Waals surface area contributed by atoms with E-state index in [0.29, 0.717) is 11.7 Å². The molecule has 23 heavy (non-hydrogen) atoms. The molecule has 116 valence electrons. The van der Waals surface area contributed by atoms with E-state index in [2.05, 4.69) is 44.3 Å². The zero-order valence-electron chi connectivity index (χ0n) is 12.8. The number of benzene rings is 1. The van der Waals surface area contributed by atoms with Gasteiger partial charge in [0.05, 0.1) is 6.04 Å². The quantitative estimate of drug-likeness (QED) is 0.738. The van der Waals surface area contributed by atoms with Gasteiger partial charge in [-0.3, -0.25) is 9.88 Å². The van der Waals surface area contributed by atoms with E-state index < -0.39 is 0 Å². The van der Waals surface area contributed by atoms with Gasteiger partial charge in [-0.05, 0) is 37.1 Å². The Labute approximate surface area is 135 Å².